The first kappa shape index (κ1) is 13.3. The second-order valence-electron chi connectivity index (χ2n) is 3.58. The third kappa shape index (κ3) is 3.93. The van der Waals surface area contributed by atoms with Crippen LogP contribution in [0.4, 0.5) is 5.69 Å². The molecular weight excluding hydrogens is 226 g/mol. The van der Waals surface area contributed by atoms with Crippen LogP contribution in [0, 0.1) is 10.1 Å². The number of Topliss-reactive ketones (excluding diaryl/α,β-unsaturated/α-hetero) is 1. The number of non-ortho nitro benzene ring substituents is 1. The standard InChI is InChI=1S/C11H13NO5/c13-5-4-10(14)7-11(15)8-2-1-3-9(6-8)12(16)17/h1-3,6,11,13,15H,4-5,7H2/t11-/m1/s1. The Balaban J connectivity index is 2.75. The maximum absolute atomic E-state index is 11.2. The van der Waals surface area contributed by atoms with Crippen molar-refractivity contribution >= 4 is 11.5 Å². The number of carbonyl (C=O) groups excluding carboxylic acids is 1. The summed E-state index contributed by atoms with van der Waals surface area (Å²) in [6.45, 7) is -0.263. The van der Waals surface area contributed by atoms with Gasteiger partial charge in [0, 0.05) is 31.6 Å². The minimum absolute atomic E-state index is 0.0218. The van der Waals surface area contributed by atoms with E-state index in [0.29, 0.717) is 5.56 Å². The van der Waals surface area contributed by atoms with E-state index in [2.05, 4.69) is 0 Å². The number of ketones is 1. The molecule has 0 bridgehead atoms. The summed E-state index contributed by atoms with van der Waals surface area (Å²) in [6, 6.07) is 5.51. The predicted molar refractivity (Wildman–Crippen MR) is 59.4 cm³/mol. The number of nitrogens with zero attached hydrogens (tertiary/aromatic N) is 1. The highest BCUT2D eigenvalue weighted by molar-refractivity contribution is 5.79. The molecule has 6 heteroatoms. The van der Waals surface area contributed by atoms with Gasteiger partial charge in [0.15, 0.2) is 0 Å². The van der Waals surface area contributed by atoms with E-state index >= 15 is 0 Å². The Hall–Kier alpha value is -1.79. The Bertz CT molecular complexity index is 418. The Morgan fingerprint density at radius 3 is 2.76 bits per heavy atom. The van der Waals surface area contributed by atoms with Crippen molar-refractivity contribution in [1.29, 1.82) is 0 Å². The molecule has 0 saturated carbocycles. The highest BCUT2D eigenvalue weighted by atomic mass is 16.6. The van der Waals surface area contributed by atoms with Crippen LogP contribution in [0.1, 0.15) is 24.5 Å². The summed E-state index contributed by atoms with van der Waals surface area (Å²) in [5.74, 6) is -0.286. The number of hydrogen-bond acceptors (Lipinski definition) is 5. The topological polar surface area (TPSA) is 101 Å². The minimum atomic E-state index is -1.08. The third-order valence-electron chi connectivity index (χ3n) is 2.28. The van der Waals surface area contributed by atoms with Gasteiger partial charge in [0.1, 0.15) is 5.78 Å². The number of nitro benzene ring substituents is 1. The van der Waals surface area contributed by atoms with E-state index in [1.54, 1.807) is 0 Å². The largest absolute Gasteiger partial charge is 0.396 e. The van der Waals surface area contributed by atoms with Gasteiger partial charge >= 0.3 is 0 Å². The zero-order valence-corrected chi connectivity index (χ0v) is 9.07. The fourth-order valence-electron chi connectivity index (χ4n) is 1.41. The molecule has 0 unspecified atom stereocenters. The number of aliphatic hydroxyl groups excluding tert-OH is 2. The van der Waals surface area contributed by atoms with Gasteiger partial charge in [0.25, 0.3) is 5.69 Å². The summed E-state index contributed by atoms with van der Waals surface area (Å²) >= 11 is 0. The Kier molecular flexibility index (Phi) is 4.74. The van der Waals surface area contributed by atoms with Crippen molar-refractivity contribution in [2.24, 2.45) is 0 Å². The number of benzene rings is 1. The maximum atomic E-state index is 11.2. The average molecular weight is 239 g/mol. The molecule has 0 saturated heterocycles. The van der Waals surface area contributed by atoms with E-state index in [-0.39, 0.29) is 30.9 Å². The summed E-state index contributed by atoms with van der Waals surface area (Å²) in [5, 5.41) is 28.8. The number of nitro groups is 1. The summed E-state index contributed by atoms with van der Waals surface area (Å²) in [5.41, 5.74) is 0.196. The Morgan fingerprint density at radius 2 is 2.18 bits per heavy atom. The van der Waals surface area contributed by atoms with Crippen LogP contribution in [0.2, 0.25) is 0 Å². The molecule has 0 aliphatic heterocycles. The smallest absolute Gasteiger partial charge is 0.269 e. The maximum Gasteiger partial charge on any atom is 0.269 e. The van der Waals surface area contributed by atoms with Crippen LogP contribution in [-0.4, -0.2) is 27.5 Å². The highest BCUT2D eigenvalue weighted by Crippen LogP contribution is 2.21. The van der Waals surface area contributed by atoms with Crippen LogP contribution in [0.15, 0.2) is 24.3 Å². The second-order valence-corrected chi connectivity index (χ2v) is 3.58. The van der Waals surface area contributed by atoms with Gasteiger partial charge in [0.05, 0.1) is 11.0 Å². The van der Waals surface area contributed by atoms with Crippen LogP contribution < -0.4 is 0 Å². The molecule has 0 fully saturated rings. The van der Waals surface area contributed by atoms with Crippen molar-refractivity contribution in [3.8, 4) is 0 Å². The molecule has 0 radical (unpaired) electrons. The number of aliphatic hydroxyl groups is 2. The van der Waals surface area contributed by atoms with E-state index in [9.17, 15) is 20.0 Å². The van der Waals surface area contributed by atoms with Gasteiger partial charge in [-0.3, -0.25) is 14.9 Å². The molecule has 6 nitrogen and oxygen atoms in total. The Morgan fingerprint density at radius 1 is 1.47 bits per heavy atom. The van der Waals surface area contributed by atoms with Crippen molar-refractivity contribution in [2.75, 3.05) is 6.61 Å². The van der Waals surface area contributed by atoms with Crippen molar-refractivity contribution in [1.82, 2.24) is 0 Å². The lowest BCUT2D eigenvalue weighted by atomic mass is 10.0. The molecule has 1 aromatic rings. The van der Waals surface area contributed by atoms with Crippen LogP contribution in [0.25, 0.3) is 0 Å². The molecule has 1 rings (SSSR count). The van der Waals surface area contributed by atoms with Crippen LogP contribution in [0.3, 0.4) is 0 Å². The van der Waals surface area contributed by atoms with Crippen LogP contribution in [0.5, 0.6) is 0 Å². The van der Waals surface area contributed by atoms with Crippen LogP contribution >= 0.6 is 0 Å². The van der Waals surface area contributed by atoms with Crippen molar-refractivity contribution in [2.45, 2.75) is 18.9 Å². The minimum Gasteiger partial charge on any atom is -0.396 e. The summed E-state index contributed by atoms with van der Waals surface area (Å²) < 4.78 is 0. The molecule has 0 aliphatic rings. The van der Waals surface area contributed by atoms with Crippen molar-refractivity contribution < 1.29 is 19.9 Å². The summed E-state index contributed by atoms with van der Waals surface area (Å²) in [4.78, 5) is 21.2. The molecule has 17 heavy (non-hydrogen) atoms. The van der Waals surface area contributed by atoms with Gasteiger partial charge in [0.2, 0.25) is 0 Å². The molecular formula is C11H13NO5. The molecule has 0 spiro atoms. The first-order valence-corrected chi connectivity index (χ1v) is 5.09. The third-order valence-corrected chi connectivity index (χ3v) is 2.28. The molecule has 1 atom stereocenters. The zero-order chi connectivity index (χ0) is 12.8. The number of carbonyl (C=O) groups is 1. The first-order chi connectivity index (χ1) is 8.04. The molecule has 1 aromatic carbocycles. The van der Waals surface area contributed by atoms with E-state index in [4.69, 9.17) is 5.11 Å². The molecule has 2 N–H and O–H groups in total. The highest BCUT2D eigenvalue weighted by Gasteiger charge is 2.15. The first-order valence-electron chi connectivity index (χ1n) is 5.09. The van der Waals surface area contributed by atoms with Gasteiger partial charge in [-0.25, -0.2) is 0 Å². The molecule has 0 heterocycles. The van der Waals surface area contributed by atoms with E-state index < -0.39 is 11.0 Å². The quantitative estimate of drug-likeness (QED) is 0.569. The van der Waals surface area contributed by atoms with E-state index in [1.807, 2.05) is 0 Å². The zero-order valence-electron chi connectivity index (χ0n) is 9.07. The van der Waals surface area contributed by atoms with Crippen LogP contribution in [-0.2, 0) is 4.79 Å². The van der Waals surface area contributed by atoms with Gasteiger partial charge in [-0.15, -0.1) is 0 Å². The second kappa shape index (κ2) is 6.07. The predicted octanol–water partition coefficient (Wildman–Crippen LogP) is 0.970. The number of rotatable bonds is 6. The monoisotopic (exact) mass is 239 g/mol. The fourth-order valence-corrected chi connectivity index (χ4v) is 1.41. The lowest BCUT2D eigenvalue weighted by molar-refractivity contribution is -0.385. The SMILES string of the molecule is O=C(CCO)C[C@@H](O)c1cccc([N+](=O)[O-])c1. The lowest BCUT2D eigenvalue weighted by Crippen LogP contribution is -2.08. The van der Waals surface area contributed by atoms with Gasteiger partial charge in [-0.05, 0) is 5.56 Å². The number of hydrogen-bond donors (Lipinski definition) is 2. The van der Waals surface area contributed by atoms with E-state index in [0.717, 1.165) is 0 Å². The Labute approximate surface area is 97.7 Å². The molecule has 0 aromatic heterocycles. The molecule has 92 valence electrons. The van der Waals surface area contributed by atoms with Gasteiger partial charge in [-0.2, -0.15) is 0 Å². The van der Waals surface area contributed by atoms with Crippen molar-refractivity contribution in [3.63, 3.8) is 0 Å². The van der Waals surface area contributed by atoms with Gasteiger partial charge < -0.3 is 10.2 Å². The molecule has 0 amide bonds. The fraction of sp³-hybridized carbons (Fsp3) is 0.364. The van der Waals surface area contributed by atoms with Gasteiger partial charge in [-0.1, -0.05) is 12.1 Å². The normalized spacial score (nSPS) is 12.1. The average Bonchev–Trinajstić information content (AvgIpc) is 2.29. The summed E-state index contributed by atoms with van der Waals surface area (Å²) in [7, 11) is 0. The lowest BCUT2D eigenvalue weighted by Gasteiger charge is -2.09. The van der Waals surface area contributed by atoms with E-state index in [1.165, 1.54) is 24.3 Å². The summed E-state index contributed by atoms with van der Waals surface area (Å²) in [6.07, 6.45) is -1.25. The molecule has 0 aliphatic carbocycles. The van der Waals surface area contributed by atoms with Crippen molar-refractivity contribution in [3.05, 3.63) is 39.9 Å².